The summed E-state index contributed by atoms with van der Waals surface area (Å²) in [5.74, 6) is 0. The highest BCUT2D eigenvalue weighted by Crippen LogP contribution is 2.55. The summed E-state index contributed by atoms with van der Waals surface area (Å²) in [5, 5.41) is 4.46. The average molecular weight is 359 g/mol. The quantitative estimate of drug-likeness (QED) is 0.260. The number of hydrogen-bond acceptors (Lipinski definition) is 0. The number of rotatable bonds is 9. The maximum absolute atomic E-state index is 3.86. The molecule has 0 nitrogen and oxygen atoms in total. The molecule has 26 heavy (non-hydrogen) atoms. The highest BCUT2D eigenvalue weighted by atomic mass is 31.2. The van der Waals surface area contributed by atoms with Gasteiger partial charge in [0.15, 0.2) is 0 Å². The van der Waals surface area contributed by atoms with Gasteiger partial charge in [-0.3, -0.25) is 0 Å². The molecular weight excluding hydrogens is 331 g/mol. The Kier molecular flexibility index (Phi) is 6.81. The van der Waals surface area contributed by atoms with Gasteiger partial charge in [-0.05, 0) is 62.1 Å². The fourth-order valence-corrected chi connectivity index (χ4v) is 8.11. The van der Waals surface area contributed by atoms with E-state index in [1.165, 1.54) is 41.3 Å². The molecule has 0 atom stereocenters. The van der Waals surface area contributed by atoms with E-state index in [1.807, 2.05) is 6.08 Å². The fourth-order valence-electron chi connectivity index (χ4n) is 3.70. The van der Waals surface area contributed by atoms with Gasteiger partial charge in [0.2, 0.25) is 0 Å². The summed E-state index contributed by atoms with van der Waals surface area (Å²) in [5.41, 5.74) is 0. The van der Waals surface area contributed by atoms with Crippen LogP contribution >= 0.6 is 7.26 Å². The topological polar surface area (TPSA) is 0 Å². The lowest BCUT2D eigenvalue weighted by molar-refractivity contribution is 0.733. The minimum Gasteiger partial charge on any atom is -0.103 e. The van der Waals surface area contributed by atoms with Crippen molar-refractivity contribution < 1.29 is 0 Å². The van der Waals surface area contributed by atoms with Gasteiger partial charge in [0, 0.05) is 0 Å². The molecule has 132 valence electrons. The maximum atomic E-state index is 3.86. The largest absolute Gasteiger partial charge is 0.112 e. The van der Waals surface area contributed by atoms with E-state index in [9.17, 15) is 0 Å². The SMILES string of the molecule is C=CCCCCC[P+](c1ccccc1)(c1ccccc1)c1ccccc1. The highest BCUT2D eigenvalue weighted by Gasteiger charge is 2.44. The molecule has 0 bridgehead atoms. The molecule has 0 unspecified atom stereocenters. The van der Waals surface area contributed by atoms with Crippen LogP contribution in [-0.4, -0.2) is 6.16 Å². The normalized spacial score (nSPS) is 11.2. The molecule has 0 aliphatic heterocycles. The molecule has 0 spiro atoms. The first-order valence-corrected chi connectivity index (χ1v) is 11.5. The lowest BCUT2D eigenvalue weighted by atomic mass is 10.2. The lowest BCUT2D eigenvalue weighted by Crippen LogP contribution is -2.33. The van der Waals surface area contributed by atoms with Crippen LogP contribution in [0.3, 0.4) is 0 Å². The van der Waals surface area contributed by atoms with E-state index in [2.05, 4.69) is 97.6 Å². The Hall–Kier alpha value is -2.17. The van der Waals surface area contributed by atoms with Crippen molar-refractivity contribution in [3.8, 4) is 0 Å². The third kappa shape index (κ3) is 4.14. The average Bonchev–Trinajstić information content (AvgIpc) is 2.73. The number of unbranched alkanes of at least 4 members (excludes halogenated alkanes) is 3. The summed E-state index contributed by atoms with van der Waals surface area (Å²) >= 11 is 0. The predicted octanol–water partition coefficient (Wildman–Crippen LogP) is 5.73. The smallest absolute Gasteiger partial charge is 0.103 e. The molecule has 1 heteroatoms. The van der Waals surface area contributed by atoms with Crippen molar-refractivity contribution in [2.45, 2.75) is 25.7 Å². The van der Waals surface area contributed by atoms with Crippen LogP contribution in [0, 0.1) is 0 Å². The van der Waals surface area contributed by atoms with Crippen LogP contribution in [0.1, 0.15) is 25.7 Å². The number of benzene rings is 3. The summed E-state index contributed by atoms with van der Waals surface area (Å²) in [6.07, 6.45) is 8.13. The summed E-state index contributed by atoms with van der Waals surface area (Å²) in [6.45, 7) is 3.86. The van der Waals surface area contributed by atoms with Crippen molar-refractivity contribution in [3.63, 3.8) is 0 Å². The van der Waals surface area contributed by atoms with Crippen LogP contribution in [0.5, 0.6) is 0 Å². The van der Waals surface area contributed by atoms with E-state index < -0.39 is 7.26 Å². The van der Waals surface area contributed by atoms with Crippen molar-refractivity contribution in [2.24, 2.45) is 0 Å². The second-order valence-corrected chi connectivity index (χ2v) is 10.3. The van der Waals surface area contributed by atoms with Crippen LogP contribution in [0.4, 0.5) is 0 Å². The molecule has 3 rings (SSSR count). The summed E-state index contributed by atoms with van der Waals surface area (Å²) in [4.78, 5) is 0. The number of allylic oxidation sites excluding steroid dienone is 1. The van der Waals surface area contributed by atoms with Gasteiger partial charge in [-0.1, -0.05) is 60.7 Å². The van der Waals surface area contributed by atoms with Crippen molar-refractivity contribution in [1.82, 2.24) is 0 Å². The Morgan fingerprint density at radius 2 is 1.00 bits per heavy atom. The monoisotopic (exact) mass is 359 g/mol. The van der Waals surface area contributed by atoms with E-state index in [0.717, 1.165) is 6.42 Å². The zero-order valence-electron chi connectivity index (χ0n) is 15.4. The Balaban J connectivity index is 2.07. The van der Waals surface area contributed by atoms with E-state index in [-0.39, 0.29) is 0 Å². The standard InChI is InChI=1S/C25H28P/c1-2-3-4-5-15-22-26(23-16-9-6-10-17-23,24-18-11-7-12-19-24)25-20-13-8-14-21-25/h2,6-14,16-21H,1,3-5,15,22H2/q+1. The van der Waals surface area contributed by atoms with Crippen LogP contribution in [0.25, 0.3) is 0 Å². The fraction of sp³-hybridized carbons (Fsp3) is 0.200. The van der Waals surface area contributed by atoms with E-state index in [4.69, 9.17) is 0 Å². The van der Waals surface area contributed by atoms with Crippen molar-refractivity contribution in [3.05, 3.63) is 104 Å². The van der Waals surface area contributed by atoms with Gasteiger partial charge in [0.25, 0.3) is 0 Å². The minimum atomic E-state index is -1.63. The molecule has 0 amide bonds. The molecule has 0 fully saturated rings. The molecule has 0 aliphatic rings. The third-order valence-electron chi connectivity index (χ3n) is 4.99. The Morgan fingerprint density at radius 3 is 1.38 bits per heavy atom. The van der Waals surface area contributed by atoms with Gasteiger partial charge in [0.05, 0.1) is 6.16 Å². The third-order valence-corrected chi connectivity index (χ3v) is 9.52. The summed E-state index contributed by atoms with van der Waals surface area (Å²) < 4.78 is 0. The molecule has 3 aromatic rings. The zero-order chi connectivity index (χ0) is 18.1. The van der Waals surface area contributed by atoms with Crippen LogP contribution in [-0.2, 0) is 0 Å². The van der Waals surface area contributed by atoms with E-state index in [1.54, 1.807) is 0 Å². The first kappa shape index (κ1) is 18.6. The molecule has 3 aromatic carbocycles. The second-order valence-electron chi connectivity index (χ2n) is 6.68. The lowest BCUT2D eigenvalue weighted by Gasteiger charge is -2.27. The van der Waals surface area contributed by atoms with Crippen molar-refractivity contribution >= 4 is 23.2 Å². The van der Waals surface area contributed by atoms with Crippen LogP contribution < -0.4 is 15.9 Å². The Morgan fingerprint density at radius 1 is 0.577 bits per heavy atom. The van der Waals surface area contributed by atoms with Crippen molar-refractivity contribution in [2.75, 3.05) is 6.16 Å². The van der Waals surface area contributed by atoms with Gasteiger partial charge >= 0.3 is 0 Å². The van der Waals surface area contributed by atoms with E-state index >= 15 is 0 Å². The summed E-state index contributed by atoms with van der Waals surface area (Å²) in [6, 6.07) is 33.5. The zero-order valence-corrected chi connectivity index (χ0v) is 16.3. The van der Waals surface area contributed by atoms with Gasteiger partial charge in [-0.25, -0.2) is 0 Å². The molecule has 0 aliphatic carbocycles. The van der Waals surface area contributed by atoms with Gasteiger partial charge in [-0.15, -0.1) is 6.58 Å². The first-order valence-electron chi connectivity index (χ1n) is 9.54. The second kappa shape index (κ2) is 9.51. The molecule has 0 radical (unpaired) electrons. The highest BCUT2D eigenvalue weighted by molar-refractivity contribution is 7.95. The molecule has 0 N–H and O–H groups in total. The van der Waals surface area contributed by atoms with E-state index in [0.29, 0.717) is 0 Å². The summed E-state index contributed by atoms with van der Waals surface area (Å²) in [7, 11) is -1.63. The molecule has 0 aromatic heterocycles. The van der Waals surface area contributed by atoms with Gasteiger partial charge < -0.3 is 0 Å². The predicted molar refractivity (Wildman–Crippen MR) is 119 cm³/mol. The molecule has 0 saturated carbocycles. The maximum Gasteiger partial charge on any atom is 0.112 e. The van der Waals surface area contributed by atoms with Gasteiger partial charge in [-0.2, -0.15) is 0 Å². The minimum absolute atomic E-state index is 1.12. The van der Waals surface area contributed by atoms with Crippen LogP contribution in [0.15, 0.2) is 104 Å². The molecule has 0 heterocycles. The van der Waals surface area contributed by atoms with Crippen molar-refractivity contribution in [1.29, 1.82) is 0 Å². The first-order chi connectivity index (χ1) is 12.9. The molecular formula is C25H28P+. The number of hydrogen-bond donors (Lipinski definition) is 0. The Labute approximate surface area is 158 Å². The van der Waals surface area contributed by atoms with Gasteiger partial charge in [0.1, 0.15) is 23.2 Å². The Bertz CT molecular complexity index is 681. The molecule has 0 saturated heterocycles. The van der Waals surface area contributed by atoms with Crippen LogP contribution in [0.2, 0.25) is 0 Å².